The van der Waals surface area contributed by atoms with E-state index < -0.39 is 5.82 Å². The van der Waals surface area contributed by atoms with Crippen LogP contribution in [0, 0.1) is 5.82 Å². The fraction of sp³-hybridized carbons (Fsp3) is 0.100. The second-order valence-electron chi connectivity index (χ2n) is 2.92. The highest BCUT2D eigenvalue weighted by Gasteiger charge is 2.09. The first-order chi connectivity index (χ1) is 7.69. The van der Waals surface area contributed by atoms with Crippen molar-refractivity contribution in [3.63, 3.8) is 0 Å². The highest BCUT2D eigenvalue weighted by atomic mass is 79.9. The molecule has 2 aromatic rings. The average molecular weight is 307 g/mol. The van der Waals surface area contributed by atoms with Gasteiger partial charge in [0.05, 0.1) is 11.6 Å². The van der Waals surface area contributed by atoms with E-state index in [-0.39, 0.29) is 17.7 Å². The smallest absolute Gasteiger partial charge is 0.399 e. The maximum Gasteiger partial charge on any atom is 0.399 e. The molecule has 1 aromatic heterocycles. The number of ether oxygens (including phenoxy) is 1. The second-order valence-corrected chi connectivity index (χ2v) is 4.10. The van der Waals surface area contributed by atoms with E-state index >= 15 is 0 Å². The Balaban J connectivity index is 2.20. The molecule has 0 aliphatic heterocycles. The lowest BCUT2D eigenvalue weighted by Crippen LogP contribution is -1.88. The van der Waals surface area contributed by atoms with E-state index in [2.05, 4.69) is 20.9 Å². The number of hydrogen-bond acceptors (Lipinski definition) is 3. The first-order valence-corrected chi connectivity index (χ1v) is 5.65. The quantitative estimate of drug-likeness (QED) is 0.801. The Bertz CT molecular complexity index is 503. The van der Waals surface area contributed by atoms with Gasteiger partial charge in [0, 0.05) is 4.47 Å². The van der Waals surface area contributed by atoms with Gasteiger partial charge in [0.25, 0.3) is 0 Å². The van der Waals surface area contributed by atoms with Crippen LogP contribution >= 0.6 is 27.5 Å². The molecule has 0 N–H and O–H groups in total. The molecule has 3 nitrogen and oxygen atoms in total. The van der Waals surface area contributed by atoms with Gasteiger partial charge < -0.3 is 9.15 Å². The maximum absolute atomic E-state index is 13.4. The van der Waals surface area contributed by atoms with Gasteiger partial charge >= 0.3 is 6.08 Å². The largest absolute Gasteiger partial charge is 0.417 e. The summed E-state index contributed by atoms with van der Waals surface area (Å²) in [6, 6.07) is 4.43. The van der Waals surface area contributed by atoms with E-state index in [4.69, 9.17) is 20.8 Å². The van der Waals surface area contributed by atoms with Gasteiger partial charge in [-0.1, -0.05) is 15.9 Å². The zero-order valence-corrected chi connectivity index (χ0v) is 10.3. The molecule has 0 atom stereocenters. The zero-order valence-electron chi connectivity index (χ0n) is 7.91. The number of rotatable bonds is 3. The minimum atomic E-state index is -0.500. The minimum Gasteiger partial charge on any atom is -0.417 e. The topological polar surface area (TPSA) is 35.3 Å². The van der Waals surface area contributed by atoms with E-state index in [1.807, 2.05) is 0 Å². The number of halogens is 3. The lowest BCUT2D eigenvalue weighted by Gasteiger charge is -2.01. The van der Waals surface area contributed by atoms with Crippen LogP contribution in [0.2, 0.25) is 0 Å². The van der Waals surface area contributed by atoms with Crippen molar-refractivity contribution in [2.75, 3.05) is 0 Å². The van der Waals surface area contributed by atoms with Crippen molar-refractivity contribution in [1.29, 1.82) is 0 Å². The molecule has 0 saturated heterocycles. The summed E-state index contributed by atoms with van der Waals surface area (Å²) in [6.07, 6.45) is 1.33. The normalized spacial score (nSPS) is 10.4. The summed E-state index contributed by atoms with van der Waals surface area (Å²) in [4.78, 5) is 3.89. The molecule has 0 spiro atoms. The van der Waals surface area contributed by atoms with Crippen molar-refractivity contribution < 1.29 is 13.5 Å². The summed E-state index contributed by atoms with van der Waals surface area (Å²) >= 11 is 8.68. The number of oxazole rings is 1. The number of alkyl halides is 1. The molecule has 0 saturated carbocycles. The summed E-state index contributed by atoms with van der Waals surface area (Å²) in [5, 5.41) is 0. The lowest BCUT2D eigenvalue weighted by molar-refractivity contribution is 0.318. The Kier molecular flexibility index (Phi) is 3.46. The molecule has 0 unspecified atom stereocenters. The molecule has 6 heteroatoms. The summed E-state index contributed by atoms with van der Waals surface area (Å²) in [5.74, 6) is -0.235. The lowest BCUT2D eigenvalue weighted by atomic mass is 10.3. The second kappa shape index (κ2) is 4.84. The Morgan fingerprint density at radius 1 is 1.50 bits per heavy atom. The molecular weight excluding hydrogens is 300 g/mol. The van der Waals surface area contributed by atoms with E-state index in [1.165, 1.54) is 18.4 Å². The van der Waals surface area contributed by atoms with Crippen LogP contribution in [-0.4, -0.2) is 4.98 Å². The Labute approximate surface area is 104 Å². The standard InChI is InChI=1S/C10H6BrClFNO2/c11-6-1-2-9(8(13)3-6)16-10-14-7(4-12)5-15-10/h1-3,5H,4H2. The summed E-state index contributed by atoms with van der Waals surface area (Å²) < 4.78 is 24.1. The van der Waals surface area contributed by atoms with Gasteiger partial charge in [-0.2, -0.15) is 4.98 Å². The third-order valence-corrected chi connectivity index (χ3v) is 2.53. The van der Waals surface area contributed by atoms with E-state index in [1.54, 1.807) is 6.07 Å². The molecule has 0 aliphatic rings. The van der Waals surface area contributed by atoms with Crippen molar-refractivity contribution in [3.05, 3.63) is 40.4 Å². The molecule has 0 amide bonds. The first kappa shape index (κ1) is 11.4. The van der Waals surface area contributed by atoms with Crippen molar-refractivity contribution >= 4 is 27.5 Å². The van der Waals surface area contributed by atoms with Crippen molar-refractivity contribution in [1.82, 2.24) is 4.98 Å². The molecule has 1 heterocycles. The maximum atomic E-state index is 13.4. The third-order valence-electron chi connectivity index (χ3n) is 1.76. The molecular formula is C10H6BrClFNO2. The minimum absolute atomic E-state index is 0.0307. The van der Waals surface area contributed by atoms with Gasteiger partial charge in [-0.05, 0) is 18.2 Å². The Morgan fingerprint density at radius 2 is 2.31 bits per heavy atom. The molecule has 0 fully saturated rings. The van der Waals surface area contributed by atoms with Gasteiger partial charge in [-0.25, -0.2) is 4.39 Å². The predicted molar refractivity (Wildman–Crippen MR) is 60.2 cm³/mol. The Hall–Kier alpha value is -1.07. The highest BCUT2D eigenvalue weighted by molar-refractivity contribution is 9.10. The van der Waals surface area contributed by atoms with Crippen LogP contribution in [0.1, 0.15) is 5.69 Å². The summed E-state index contributed by atoms with van der Waals surface area (Å²) in [5.41, 5.74) is 0.536. The Morgan fingerprint density at radius 3 is 2.94 bits per heavy atom. The first-order valence-electron chi connectivity index (χ1n) is 4.32. The van der Waals surface area contributed by atoms with Crippen molar-refractivity contribution in [2.45, 2.75) is 5.88 Å². The van der Waals surface area contributed by atoms with Gasteiger partial charge in [0.2, 0.25) is 0 Å². The fourth-order valence-electron chi connectivity index (χ4n) is 1.05. The van der Waals surface area contributed by atoms with Gasteiger partial charge in [-0.15, -0.1) is 11.6 Å². The van der Waals surface area contributed by atoms with Crippen LogP contribution in [0.4, 0.5) is 4.39 Å². The van der Waals surface area contributed by atoms with Crippen molar-refractivity contribution in [3.8, 4) is 11.8 Å². The number of hydrogen-bond donors (Lipinski definition) is 0. The molecule has 16 heavy (non-hydrogen) atoms. The van der Waals surface area contributed by atoms with Crippen LogP contribution in [0.15, 0.2) is 33.4 Å². The SMILES string of the molecule is Fc1cc(Br)ccc1Oc1nc(CCl)co1. The van der Waals surface area contributed by atoms with Gasteiger partial charge in [0.15, 0.2) is 11.6 Å². The molecule has 2 rings (SSSR count). The van der Waals surface area contributed by atoms with Gasteiger partial charge in [-0.3, -0.25) is 0 Å². The van der Waals surface area contributed by atoms with E-state index in [0.29, 0.717) is 10.2 Å². The fourth-order valence-corrected chi connectivity index (χ4v) is 1.50. The molecule has 0 aliphatic carbocycles. The van der Waals surface area contributed by atoms with Crippen LogP contribution in [0.3, 0.4) is 0 Å². The number of aromatic nitrogens is 1. The molecule has 0 radical (unpaired) electrons. The molecule has 84 valence electrons. The highest BCUT2D eigenvalue weighted by Crippen LogP contribution is 2.26. The van der Waals surface area contributed by atoms with Crippen LogP contribution in [0.25, 0.3) is 0 Å². The monoisotopic (exact) mass is 305 g/mol. The number of benzene rings is 1. The average Bonchev–Trinajstić information content (AvgIpc) is 2.70. The van der Waals surface area contributed by atoms with Crippen LogP contribution in [-0.2, 0) is 5.88 Å². The third kappa shape index (κ3) is 2.54. The van der Waals surface area contributed by atoms with Gasteiger partial charge in [0.1, 0.15) is 6.26 Å². The summed E-state index contributed by atoms with van der Waals surface area (Å²) in [7, 11) is 0. The molecule has 1 aromatic carbocycles. The zero-order chi connectivity index (χ0) is 11.5. The van der Waals surface area contributed by atoms with Crippen LogP contribution in [0.5, 0.6) is 11.8 Å². The van der Waals surface area contributed by atoms with Crippen LogP contribution < -0.4 is 4.74 Å². The van der Waals surface area contributed by atoms with E-state index in [0.717, 1.165) is 0 Å². The predicted octanol–water partition coefficient (Wildman–Crippen LogP) is 4.11. The van der Waals surface area contributed by atoms with E-state index in [9.17, 15) is 4.39 Å². The molecule has 0 bridgehead atoms. The summed E-state index contributed by atoms with van der Waals surface area (Å²) in [6.45, 7) is 0. The van der Waals surface area contributed by atoms with Crippen molar-refractivity contribution in [2.24, 2.45) is 0 Å². The number of nitrogens with zero attached hydrogens (tertiary/aromatic N) is 1.